The first-order chi connectivity index (χ1) is 46.1. The Morgan fingerprint density at radius 1 is 0.258 bits per heavy atom. The van der Waals surface area contributed by atoms with Gasteiger partial charge in [0.05, 0.1) is 47.7 Å². The molecule has 6 nitrogen and oxygen atoms in total. The van der Waals surface area contributed by atoms with E-state index in [4.69, 9.17) is 9.47 Å². The topological polar surface area (TPSA) is 34.8 Å². The second-order valence-corrected chi connectivity index (χ2v) is 24.2. The van der Waals surface area contributed by atoms with Gasteiger partial charge in [0.2, 0.25) is 0 Å². The van der Waals surface area contributed by atoms with E-state index in [1.807, 2.05) is 0 Å². The van der Waals surface area contributed by atoms with Gasteiger partial charge in [-0.05, 0) is 135 Å². The lowest BCUT2D eigenvalue weighted by molar-refractivity contribution is 0.415. The third kappa shape index (κ3) is 8.58. The lowest BCUT2D eigenvalue weighted by Crippen LogP contribution is -2.61. The predicted molar refractivity (Wildman–Crippen MR) is 389 cm³/mol. The molecule has 18 rings (SSSR count). The fraction of sp³-hybridized carbons (Fsp3) is 0.0233. The standard InChI is InChI=1S/C86H59BN4O2/c1-92-64-44-48-78-72(54-64)70-34-18-20-40-76(70)88(78)62-42-46-74-80(52-62)90(85-66(57-26-10-4-11-27-57)36-22-37-67(85)58-28-12-5-13-29-58)82-50-61(56-24-8-3-9-25-56)51-83-84(82)87(74)75-47-43-63(89-77-41-21-19-35-71(77)73-55-65(93-2)45-49-79(73)89)53-81(75)91(83)86-68(59-30-14-6-15-31-59)38-23-39-69(86)60-32-16-7-17-33-60/h3-55H,1-2H3. The van der Waals surface area contributed by atoms with E-state index in [0.29, 0.717) is 0 Å². The van der Waals surface area contributed by atoms with Gasteiger partial charge in [0, 0.05) is 77.9 Å². The Kier molecular flexibility index (Phi) is 12.7. The Labute approximate surface area is 540 Å². The van der Waals surface area contributed by atoms with Crippen molar-refractivity contribution in [2.75, 3.05) is 24.0 Å². The quantitative estimate of drug-likeness (QED) is 0.121. The van der Waals surface area contributed by atoms with Crippen LogP contribution in [0.1, 0.15) is 0 Å². The predicted octanol–water partition coefficient (Wildman–Crippen LogP) is 20.3. The molecule has 0 radical (unpaired) electrons. The van der Waals surface area contributed by atoms with Gasteiger partial charge >= 0.3 is 0 Å². The minimum Gasteiger partial charge on any atom is -0.497 e. The number of nitrogens with zero attached hydrogens (tertiary/aromatic N) is 4. The van der Waals surface area contributed by atoms with Crippen LogP contribution in [0.4, 0.5) is 34.1 Å². The van der Waals surface area contributed by atoms with Crippen LogP contribution >= 0.6 is 0 Å². The number of hydrogen-bond acceptors (Lipinski definition) is 4. The second-order valence-electron chi connectivity index (χ2n) is 24.2. The van der Waals surface area contributed by atoms with E-state index in [2.05, 4.69) is 340 Å². The van der Waals surface area contributed by atoms with E-state index >= 15 is 0 Å². The van der Waals surface area contributed by atoms with Gasteiger partial charge in [0.15, 0.2) is 0 Å². The van der Waals surface area contributed by atoms with Crippen molar-refractivity contribution in [1.82, 2.24) is 9.13 Å². The number of para-hydroxylation sites is 4. The average Bonchev–Trinajstić information content (AvgIpc) is 1.20. The molecule has 4 heterocycles. The molecular formula is C86H59BN4O2. The molecule has 0 bridgehead atoms. The van der Waals surface area contributed by atoms with Crippen LogP contribution in [0.2, 0.25) is 0 Å². The smallest absolute Gasteiger partial charge is 0.252 e. The molecule has 7 heteroatoms. The zero-order valence-corrected chi connectivity index (χ0v) is 51.3. The summed E-state index contributed by atoms with van der Waals surface area (Å²) in [6.45, 7) is -0.252. The summed E-state index contributed by atoms with van der Waals surface area (Å²) in [5.74, 6) is 1.65. The maximum absolute atomic E-state index is 5.90. The molecule has 16 aromatic rings. The summed E-state index contributed by atoms with van der Waals surface area (Å²) in [5, 5.41) is 4.59. The third-order valence-corrected chi connectivity index (χ3v) is 19.3. The van der Waals surface area contributed by atoms with Gasteiger partial charge in [0.1, 0.15) is 11.5 Å². The number of aromatic nitrogens is 2. The maximum Gasteiger partial charge on any atom is 0.252 e. The lowest BCUT2D eigenvalue weighted by Gasteiger charge is -2.46. The fourth-order valence-electron chi connectivity index (χ4n) is 15.2. The van der Waals surface area contributed by atoms with Gasteiger partial charge in [0.25, 0.3) is 6.71 Å². The number of methoxy groups -OCH3 is 2. The van der Waals surface area contributed by atoms with E-state index in [-0.39, 0.29) is 6.71 Å². The molecule has 438 valence electrons. The highest BCUT2D eigenvalue weighted by molar-refractivity contribution is 7.00. The minimum absolute atomic E-state index is 0.252. The Morgan fingerprint density at radius 2 is 0.602 bits per heavy atom. The summed E-state index contributed by atoms with van der Waals surface area (Å²) in [6.07, 6.45) is 0. The van der Waals surface area contributed by atoms with Gasteiger partial charge in [-0.3, -0.25) is 0 Å². The number of rotatable bonds is 11. The molecule has 14 aromatic carbocycles. The molecular weight excluding hydrogens is 1130 g/mol. The van der Waals surface area contributed by atoms with Gasteiger partial charge in [-0.15, -0.1) is 0 Å². The maximum atomic E-state index is 5.90. The summed E-state index contributed by atoms with van der Waals surface area (Å²) < 4.78 is 16.7. The van der Waals surface area contributed by atoms with Crippen molar-refractivity contribution in [3.8, 4) is 78.5 Å². The van der Waals surface area contributed by atoms with Crippen LogP contribution in [0.5, 0.6) is 11.5 Å². The van der Waals surface area contributed by atoms with Crippen LogP contribution < -0.4 is 35.7 Å². The molecule has 0 aliphatic carbocycles. The molecule has 0 saturated carbocycles. The van der Waals surface area contributed by atoms with Crippen molar-refractivity contribution < 1.29 is 9.47 Å². The number of fused-ring (bicyclic) bond motifs is 10. The van der Waals surface area contributed by atoms with Gasteiger partial charge in [-0.2, -0.15) is 0 Å². The summed E-state index contributed by atoms with van der Waals surface area (Å²) in [4.78, 5) is 5.29. The first kappa shape index (κ1) is 53.9. The van der Waals surface area contributed by atoms with E-state index in [1.54, 1.807) is 14.2 Å². The van der Waals surface area contributed by atoms with E-state index in [1.165, 1.54) is 16.4 Å². The largest absolute Gasteiger partial charge is 0.497 e. The molecule has 2 aliphatic heterocycles. The van der Waals surface area contributed by atoms with E-state index < -0.39 is 0 Å². The Morgan fingerprint density at radius 3 is 0.978 bits per heavy atom. The SMILES string of the molecule is COc1ccc2c(c1)c1ccccc1n2-c1ccc2c(c1)N(c1c(-c3ccccc3)cccc1-c1ccccc1)c1cc(-c3ccccc3)cc3c1B2c1ccc(-n2c4ccccc4c4cc(OC)ccc42)cc1N3c1c(-c2ccccc2)cccc1-c1ccccc1. The van der Waals surface area contributed by atoms with Crippen LogP contribution in [-0.4, -0.2) is 30.1 Å². The second kappa shape index (κ2) is 21.9. The molecule has 0 atom stereocenters. The summed E-state index contributed by atoms with van der Waals surface area (Å²) >= 11 is 0. The molecule has 0 unspecified atom stereocenters. The first-order valence-corrected chi connectivity index (χ1v) is 31.8. The summed E-state index contributed by atoms with van der Waals surface area (Å²) in [5.41, 5.74) is 27.9. The molecule has 0 spiro atoms. The number of hydrogen-bond donors (Lipinski definition) is 0. The van der Waals surface area contributed by atoms with Crippen LogP contribution in [0, 0.1) is 0 Å². The molecule has 2 aliphatic rings. The highest BCUT2D eigenvalue weighted by Crippen LogP contribution is 2.54. The summed E-state index contributed by atoms with van der Waals surface area (Å²) in [6, 6.07) is 119. The van der Waals surface area contributed by atoms with Gasteiger partial charge in [-0.1, -0.05) is 237 Å². The number of anilines is 6. The molecule has 0 amide bonds. The number of ether oxygens (including phenoxy) is 2. The zero-order chi connectivity index (χ0) is 61.7. The molecule has 2 aromatic heterocycles. The lowest BCUT2D eigenvalue weighted by atomic mass is 9.33. The van der Waals surface area contributed by atoms with Crippen LogP contribution in [0.25, 0.3) is 111 Å². The van der Waals surface area contributed by atoms with Crippen molar-refractivity contribution >= 4 is 101 Å². The monoisotopic (exact) mass is 1190 g/mol. The van der Waals surface area contributed by atoms with Crippen molar-refractivity contribution in [1.29, 1.82) is 0 Å². The fourth-order valence-corrected chi connectivity index (χ4v) is 15.2. The van der Waals surface area contributed by atoms with Gasteiger partial charge < -0.3 is 28.4 Å². The number of benzene rings is 14. The first-order valence-electron chi connectivity index (χ1n) is 31.8. The molecule has 0 saturated heterocycles. The van der Waals surface area contributed by atoms with E-state index in [0.717, 1.165) is 156 Å². The van der Waals surface area contributed by atoms with Crippen molar-refractivity contribution in [2.24, 2.45) is 0 Å². The Balaban J connectivity index is 1.02. The van der Waals surface area contributed by atoms with Crippen LogP contribution in [-0.2, 0) is 0 Å². The molecule has 0 fully saturated rings. The Bertz CT molecular complexity index is 5170. The van der Waals surface area contributed by atoms with Gasteiger partial charge in [-0.25, -0.2) is 0 Å². The average molecular weight is 1190 g/mol. The highest BCUT2D eigenvalue weighted by atomic mass is 16.5. The van der Waals surface area contributed by atoms with Crippen LogP contribution in [0.15, 0.2) is 322 Å². The Hall–Kier alpha value is -12.1. The molecule has 93 heavy (non-hydrogen) atoms. The third-order valence-electron chi connectivity index (χ3n) is 19.3. The van der Waals surface area contributed by atoms with Crippen LogP contribution in [0.3, 0.4) is 0 Å². The van der Waals surface area contributed by atoms with Crippen molar-refractivity contribution in [2.45, 2.75) is 0 Å². The summed E-state index contributed by atoms with van der Waals surface area (Å²) in [7, 11) is 3.50. The van der Waals surface area contributed by atoms with E-state index in [9.17, 15) is 0 Å². The normalized spacial score (nSPS) is 12.3. The highest BCUT2D eigenvalue weighted by Gasteiger charge is 2.46. The zero-order valence-electron chi connectivity index (χ0n) is 51.3. The van der Waals surface area contributed by atoms with Crippen molar-refractivity contribution in [3.63, 3.8) is 0 Å². The van der Waals surface area contributed by atoms with Crippen molar-refractivity contribution in [3.05, 3.63) is 322 Å². The minimum atomic E-state index is -0.252. The molecule has 0 N–H and O–H groups in total.